The number of hydrogen-bond acceptors (Lipinski definition) is 7. The molecular weight excluding hydrogens is 494 g/mol. The van der Waals surface area contributed by atoms with Crippen molar-refractivity contribution in [3.63, 3.8) is 0 Å². The van der Waals surface area contributed by atoms with E-state index in [0.29, 0.717) is 31.7 Å². The second kappa shape index (κ2) is 10.7. The van der Waals surface area contributed by atoms with Crippen LogP contribution < -0.4 is 11.1 Å². The van der Waals surface area contributed by atoms with Gasteiger partial charge in [0.15, 0.2) is 0 Å². The number of rotatable bonds is 9. The number of amidine groups is 1. The first kappa shape index (κ1) is 26.7. The average Bonchev–Trinajstić information content (AvgIpc) is 3.55. The number of nitrogens with one attached hydrogen (secondary N) is 2. The van der Waals surface area contributed by atoms with E-state index in [1.165, 1.54) is 0 Å². The number of likely N-dealkylation sites (tertiary alicyclic amines) is 2. The smallest absolute Gasteiger partial charge is 0.323 e. The Morgan fingerprint density at radius 1 is 1.15 bits per heavy atom. The Morgan fingerprint density at radius 3 is 2.49 bits per heavy atom. The second-order valence-electron chi connectivity index (χ2n) is 10.5. The molecule has 10 heteroatoms. The van der Waals surface area contributed by atoms with E-state index in [2.05, 4.69) is 5.32 Å². The van der Waals surface area contributed by atoms with E-state index in [4.69, 9.17) is 20.9 Å². The molecule has 0 spiro atoms. The first-order valence-electron chi connectivity index (χ1n) is 13.6. The normalized spacial score (nSPS) is 18.9. The number of hydrogen-bond donors (Lipinski definition) is 3. The van der Waals surface area contributed by atoms with Crippen molar-refractivity contribution in [2.45, 2.75) is 51.2 Å². The van der Waals surface area contributed by atoms with Gasteiger partial charge < -0.3 is 25.3 Å². The van der Waals surface area contributed by atoms with Crippen molar-refractivity contribution in [1.82, 2.24) is 19.4 Å². The number of amides is 1. The monoisotopic (exact) mass is 531 g/mol. The van der Waals surface area contributed by atoms with Gasteiger partial charge in [-0.25, -0.2) is 4.98 Å². The molecule has 4 N–H and O–H groups in total. The summed E-state index contributed by atoms with van der Waals surface area (Å²) in [5.41, 5.74) is 8.73. The number of nitrogen functional groups attached to an aromatic ring is 1. The van der Waals surface area contributed by atoms with Gasteiger partial charge in [-0.3, -0.25) is 19.9 Å². The Labute approximate surface area is 228 Å². The molecule has 2 aliphatic rings. The molecule has 0 aliphatic carbocycles. The fourth-order valence-corrected chi connectivity index (χ4v) is 5.71. The number of carbonyl (C=O) groups is 2. The molecule has 1 amide bonds. The quantitative estimate of drug-likeness (QED) is 0.220. The number of carbonyl (C=O) groups excluding carboxylic acids is 2. The highest BCUT2D eigenvalue weighted by molar-refractivity contribution is 5.95. The average molecular weight is 532 g/mol. The highest BCUT2D eigenvalue weighted by atomic mass is 16.5. The zero-order valence-corrected chi connectivity index (χ0v) is 22.9. The first-order chi connectivity index (χ1) is 18.7. The molecule has 206 valence electrons. The predicted octanol–water partition coefficient (Wildman–Crippen LogP) is 2.94. The van der Waals surface area contributed by atoms with E-state index in [-0.39, 0.29) is 17.7 Å². The summed E-state index contributed by atoms with van der Waals surface area (Å²) in [5.74, 6) is 0.640. The number of nitrogens with two attached hydrogens (primary N) is 1. The number of nitrogens with zero attached hydrogens (tertiary/aromatic N) is 4. The molecule has 0 saturated carbocycles. The van der Waals surface area contributed by atoms with Gasteiger partial charge in [0.05, 0.1) is 24.2 Å². The minimum Gasteiger partial charge on any atom is -0.465 e. The lowest BCUT2D eigenvalue weighted by atomic mass is 9.82. The Morgan fingerprint density at radius 2 is 1.87 bits per heavy atom. The van der Waals surface area contributed by atoms with Crippen LogP contribution in [0, 0.1) is 5.41 Å². The van der Waals surface area contributed by atoms with E-state index in [1.54, 1.807) is 6.92 Å². The van der Waals surface area contributed by atoms with Crippen molar-refractivity contribution in [1.29, 1.82) is 5.41 Å². The lowest BCUT2D eigenvalue weighted by molar-refractivity contribution is -0.167. The molecule has 2 unspecified atom stereocenters. The summed E-state index contributed by atoms with van der Waals surface area (Å²) in [4.78, 5) is 35.6. The molecule has 3 heterocycles. The molecule has 2 aromatic carbocycles. The van der Waals surface area contributed by atoms with Crippen LogP contribution in [0.5, 0.6) is 0 Å². The van der Waals surface area contributed by atoms with E-state index in [1.807, 2.05) is 70.8 Å². The van der Waals surface area contributed by atoms with Crippen molar-refractivity contribution in [3.05, 3.63) is 59.4 Å². The van der Waals surface area contributed by atoms with Gasteiger partial charge in [-0.05, 0) is 75.1 Å². The summed E-state index contributed by atoms with van der Waals surface area (Å²) in [5, 5.41) is 10.9. The molecule has 3 aromatic rings. The maximum absolute atomic E-state index is 14.0. The molecule has 5 rings (SSSR count). The number of aryl methyl sites for hydroxylation is 1. The highest BCUT2D eigenvalue weighted by Crippen LogP contribution is 2.40. The summed E-state index contributed by atoms with van der Waals surface area (Å²) < 4.78 is 7.38. The molecule has 0 radical (unpaired) electrons. The van der Waals surface area contributed by atoms with E-state index in [9.17, 15) is 9.59 Å². The van der Waals surface area contributed by atoms with Gasteiger partial charge in [0, 0.05) is 37.9 Å². The van der Waals surface area contributed by atoms with Crippen LogP contribution in [0.25, 0.3) is 11.0 Å². The third kappa shape index (κ3) is 4.85. The predicted molar refractivity (Wildman–Crippen MR) is 150 cm³/mol. The van der Waals surface area contributed by atoms with Crippen LogP contribution in [0.2, 0.25) is 0 Å². The zero-order valence-electron chi connectivity index (χ0n) is 22.9. The van der Waals surface area contributed by atoms with Gasteiger partial charge in [0.25, 0.3) is 0 Å². The summed E-state index contributed by atoms with van der Waals surface area (Å²) in [6.45, 7) is 6.69. The van der Waals surface area contributed by atoms with Crippen LogP contribution in [0.15, 0.2) is 42.5 Å². The second-order valence-corrected chi connectivity index (χ2v) is 10.5. The molecule has 39 heavy (non-hydrogen) atoms. The molecule has 2 saturated heterocycles. The summed E-state index contributed by atoms with van der Waals surface area (Å²) in [6, 6.07) is 13.0. The summed E-state index contributed by atoms with van der Waals surface area (Å²) in [6.07, 6.45) is 2.67. The largest absolute Gasteiger partial charge is 0.465 e. The summed E-state index contributed by atoms with van der Waals surface area (Å²) in [7, 11) is 1.98. The van der Waals surface area contributed by atoms with E-state index in [0.717, 1.165) is 54.0 Å². The molecule has 2 fully saturated rings. The SMILES string of the molecule is CCOC(=O)C1CCN1C(C)(C(=O)N1CCCC1)c1ccc2c(c1)nc(CNc1ccc(C(=N)N)cc1)n2C. The van der Waals surface area contributed by atoms with Gasteiger partial charge in [-0.1, -0.05) is 6.07 Å². The number of fused-ring (bicyclic) bond motifs is 1. The number of benzene rings is 2. The van der Waals surface area contributed by atoms with Gasteiger partial charge in [0.2, 0.25) is 5.91 Å². The van der Waals surface area contributed by atoms with Crippen LogP contribution in [0.3, 0.4) is 0 Å². The van der Waals surface area contributed by atoms with Crippen LogP contribution in [-0.2, 0) is 33.5 Å². The molecule has 10 nitrogen and oxygen atoms in total. The van der Waals surface area contributed by atoms with Gasteiger partial charge >= 0.3 is 5.97 Å². The summed E-state index contributed by atoms with van der Waals surface area (Å²) >= 11 is 0. The highest BCUT2D eigenvalue weighted by Gasteiger charge is 2.52. The molecule has 0 bridgehead atoms. The third-order valence-corrected chi connectivity index (χ3v) is 8.14. The lowest BCUT2D eigenvalue weighted by Crippen LogP contribution is -2.66. The van der Waals surface area contributed by atoms with Gasteiger partial charge in [-0.2, -0.15) is 0 Å². The van der Waals surface area contributed by atoms with Crippen molar-refractivity contribution in [2.75, 3.05) is 31.6 Å². The Kier molecular flexibility index (Phi) is 7.31. The van der Waals surface area contributed by atoms with Crippen molar-refractivity contribution in [2.24, 2.45) is 12.8 Å². The third-order valence-electron chi connectivity index (χ3n) is 8.14. The molecule has 2 atom stereocenters. The Bertz CT molecular complexity index is 1390. The van der Waals surface area contributed by atoms with Crippen molar-refractivity contribution in [3.8, 4) is 0 Å². The van der Waals surface area contributed by atoms with Crippen LogP contribution >= 0.6 is 0 Å². The van der Waals surface area contributed by atoms with E-state index < -0.39 is 11.6 Å². The minimum atomic E-state index is -0.997. The number of anilines is 1. The Balaban J connectivity index is 1.45. The Hall–Kier alpha value is -3.92. The lowest BCUT2D eigenvalue weighted by Gasteiger charge is -2.51. The fourth-order valence-electron chi connectivity index (χ4n) is 5.71. The molecule has 1 aromatic heterocycles. The maximum Gasteiger partial charge on any atom is 0.323 e. The number of ether oxygens (including phenoxy) is 1. The van der Waals surface area contributed by atoms with Gasteiger partial charge in [-0.15, -0.1) is 0 Å². The number of imidazole rings is 1. The number of aromatic nitrogens is 2. The molecule has 2 aliphatic heterocycles. The fraction of sp³-hybridized carbons (Fsp3) is 0.448. The van der Waals surface area contributed by atoms with Crippen LogP contribution in [0.4, 0.5) is 5.69 Å². The first-order valence-corrected chi connectivity index (χ1v) is 13.6. The molecular formula is C29H37N7O3. The minimum absolute atomic E-state index is 0.0279. The van der Waals surface area contributed by atoms with E-state index >= 15 is 0 Å². The van der Waals surface area contributed by atoms with Crippen molar-refractivity contribution < 1.29 is 14.3 Å². The number of esters is 1. The van der Waals surface area contributed by atoms with Crippen LogP contribution in [0.1, 0.15) is 50.1 Å². The maximum atomic E-state index is 14.0. The van der Waals surface area contributed by atoms with Gasteiger partial charge in [0.1, 0.15) is 23.2 Å². The van der Waals surface area contributed by atoms with Crippen molar-refractivity contribution >= 4 is 34.4 Å². The topological polar surface area (TPSA) is 130 Å². The standard InChI is InChI=1S/C29H37N7O3/c1-4-39-27(37)24-13-16-36(24)29(2,28(38)35-14-5-6-15-35)20-9-12-23-22(17-20)33-25(34(23)3)18-32-21-10-7-19(8-11-21)26(30)31/h7-12,17,24,32H,4-6,13-16,18H2,1-3H3,(H3,30,31). The van der Waals surface area contributed by atoms with Crippen LogP contribution in [-0.4, -0.2) is 69.3 Å². The zero-order chi connectivity index (χ0) is 27.7.